The number of carbonyl (C=O) groups is 2. The Morgan fingerprint density at radius 2 is 1.81 bits per heavy atom. The van der Waals surface area contributed by atoms with Gasteiger partial charge >= 0.3 is 0 Å². The normalized spacial score (nSPS) is 15.4. The van der Waals surface area contributed by atoms with E-state index in [1.807, 2.05) is 13.8 Å². The Labute approximate surface area is 124 Å². The molecule has 3 atom stereocenters. The van der Waals surface area contributed by atoms with Crippen LogP contribution in [-0.2, 0) is 14.3 Å². The Balaban J connectivity index is 4.13. The van der Waals surface area contributed by atoms with Crippen LogP contribution in [0, 0.1) is 5.92 Å². The molecule has 8 nitrogen and oxygen atoms in total. The molecule has 0 bridgehead atoms. The Kier molecular flexibility index (Phi) is 9.89. The molecule has 0 aromatic carbocycles. The molecule has 0 aliphatic carbocycles. The first-order valence-electron chi connectivity index (χ1n) is 6.93. The fourth-order valence-corrected chi connectivity index (χ4v) is 1.83. The third-order valence-electron chi connectivity index (χ3n) is 3.08. The summed E-state index contributed by atoms with van der Waals surface area (Å²) < 4.78 is 4.79. The number of aliphatic hydroxyl groups excluding tert-OH is 2. The minimum atomic E-state index is -1.11. The lowest BCUT2D eigenvalue weighted by molar-refractivity contribution is -0.134. The molecule has 0 aromatic heterocycles. The molecule has 0 rings (SSSR count). The smallest absolute Gasteiger partial charge is 0.243 e. The zero-order valence-corrected chi connectivity index (χ0v) is 12.7. The highest BCUT2D eigenvalue weighted by atomic mass is 16.6. The Morgan fingerprint density at radius 3 is 2.29 bits per heavy atom. The van der Waals surface area contributed by atoms with Crippen molar-refractivity contribution in [3.63, 3.8) is 0 Å². The highest BCUT2D eigenvalue weighted by molar-refractivity contribution is 5.77. The highest BCUT2D eigenvalue weighted by Crippen LogP contribution is 2.09. The fraction of sp³-hybridized carbons (Fsp3) is 0.846. The van der Waals surface area contributed by atoms with Crippen LogP contribution in [0.2, 0.25) is 0 Å². The maximum Gasteiger partial charge on any atom is 0.243 e. The summed E-state index contributed by atoms with van der Waals surface area (Å²) in [6.07, 6.45) is -1.43. The number of hydrogen-bond donors (Lipinski definition) is 5. The zero-order chi connectivity index (χ0) is 16.4. The van der Waals surface area contributed by atoms with Crippen LogP contribution >= 0.6 is 0 Å². The molecule has 2 amide bonds. The van der Waals surface area contributed by atoms with Gasteiger partial charge in [-0.25, -0.2) is 5.48 Å². The lowest BCUT2D eigenvalue weighted by Gasteiger charge is -2.26. The third-order valence-corrected chi connectivity index (χ3v) is 3.08. The van der Waals surface area contributed by atoms with Crippen molar-refractivity contribution < 1.29 is 29.7 Å². The van der Waals surface area contributed by atoms with Gasteiger partial charge in [0.25, 0.3) is 0 Å². The van der Waals surface area contributed by atoms with Crippen molar-refractivity contribution in [1.29, 1.82) is 0 Å². The molecular formula is C13H26N2O6. The summed E-state index contributed by atoms with van der Waals surface area (Å²) in [7, 11) is 1.34. The fourth-order valence-electron chi connectivity index (χ4n) is 1.83. The molecule has 124 valence electrons. The van der Waals surface area contributed by atoms with E-state index in [0.29, 0.717) is 6.42 Å². The second-order valence-corrected chi connectivity index (χ2v) is 5.25. The quantitative estimate of drug-likeness (QED) is 0.211. The van der Waals surface area contributed by atoms with Gasteiger partial charge in [-0.1, -0.05) is 13.8 Å². The summed E-state index contributed by atoms with van der Waals surface area (Å²) in [6.45, 7) is 3.66. The number of rotatable bonds is 10. The van der Waals surface area contributed by atoms with Crippen molar-refractivity contribution in [2.24, 2.45) is 5.92 Å². The molecule has 0 aromatic rings. The summed E-state index contributed by atoms with van der Waals surface area (Å²) in [5, 5.41) is 30.3. The average Bonchev–Trinajstić information content (AvgIpc) is 2.43. The number of hydrogen-bond acceptors (Lipinski definition) is 6. The molecule has 8 heteroatoms. The summed E-state index contributed by atoms with van der Waals surface area (Å²) in [6, 6.07) is -0.560. The van der Waals surface area contributed by atoms with E-state index in [1.54, 1.807) is 0 Å². The number of aliphatic hydroxyl groups is 2. The largest absolute Gasteiger partial charge is 0.393 e. The van der Waals surface area contributed by atoms with Gasteiger partial charge in [0.1, 0.15) is 0 Å². The van der Waals surface area contributed by atoms with Crippen LogP contribution in [0.4, 0.5) is 0 Å². The topological polar surface area (TPSA) is 128 Å². The Hall–Kier alpha value is -1.22. The van der Waals surface area contributed by atoms with Gasteiger partial charge in [0.15, 0.2) is 6.29 Å². The van der Waals surface area contributed by atoms with Crippen LogP contribution in [0.1, 0.15) is 39.5 Å². The Bertz CT molecular complexity index is 324. The summed E-state index contributed by atoms with van der Waals surface area (Å²) >= 11 is 0. The predicted octanol–water partition coefficient (Wildman–Crippen LogP) is -0.481. The molecule has 5 N–H and O–H groups in total. The van der Waals surface area contributed by atoms with Gasteiger partial charge in [-0.05, 0) is 18.8 Å². The van der Waals surface area contributed by atoms with E-state index in [9.17, 15) is 19.8 Å². The summed E-state index contributed by atoms with van der Waals surface area (Å²) in [4.78, 5) is 22.6. The maximum absolute atomic E-state index is 11.8. The molecule has 0 radical (unpaired) electrons. The summed E-state index contributed by atoms with van der Waals surface area (Å²) in [5.41, 5.74) is 1.50. The number of hydroxylamine groups is 1. The molecule has 0 aliphatic heterocycles. The van der Waals surface area contributed by atoms with E-state index in [2.05, 4.69) is 5.32 Å². The van der Waals surface area contributed by atoms with Gasteiger partial charge in [-0.3, -0.25) is 14.8 Å². The van der Waals surface area contributed by atoms with Crippen molar-refractivity contribution in [1.82, 2.24) is 10.8 Å². The first-order valence-corrected chi connectivity index (χ1v) is 6.93. The van der Waals surface area contributed by atoms with Crippen molar-refractivity contribution >= 4 is 11.8 Å². The monoisotopic (exact) mass is 306 g/mol. The van der Waals surface area contributed by atoms with Crippen LogP contribution in [0.5, 0.6) is 0 Å². The summed E-state index contributed by atoms with van der Waals surface area (Å²) in [5.74, 6) is -0.965. The molecule has 2 unspecified atom stereocenters. The molecular weight excluding hydrogens is 280 g/mol. The van der Waals surface area contributed by atoms with Crippen molar-refractivity contribution in [3.8, 4) is 0 Å². The van der Waals surface area contributed by atoms with Crippen molar-refractivity contribution in [2.45, 2.75) is 58.0 Å². The molecule has 0 saturated heterocycles. The molecule has 21 heavy (non-hydrogen) atoms. The second-order valence-electron chi connectivity index (χ2n) is 5.25. The number of ether oxygens (including phenoxy) is 1. The van der Waals surface area contributed by atoms with Crippen LogP contribution in [0.3, 0.4) is 0 Å². The van der Waals surface area contributed by atoms with Crippen LogP contribution in [-0.4, -0.2) is 52.8 Å². The molecule has 0 saturated carbocycles. The lowest BCUT2D eigenvalue weighted by Crippen LogP contribution is -2.48. The van der Waals surface area contributed by atoms with Crippen molar-refractivity contribution in [3.05, 3.63) is 0 Å². The van der Waals surface area contributed by atoms with E-state index in [-0.39, 0.29) is 25.2 Å². The maximum atomic E-state index is 11.8. The number of methoxy groups -OCH3 is 1. The predicted molar refractivity (Wildman–Crippen MR) is 74.2 cm³/mol. The Morgan fingerprint density at radius 1 is 1.19 bits per heavy atom. The van der Waals surface area contributed by atoms with Gasteiger partial charge in [0.05, 0.1) is 18.6 Å². The van der Waals surface area contributed by atoms with Crippen LogP contribution < -0.4 is 10.8 Å². The lowest BCUT2D eigenvalue weighted by atomic mass is 10.0. The third kappa shape index (κ3) is 8.61. The van der Waals surface area contributed by atoms with Crippen LogP contribution in [0.15, 0.2) is 0 Å². The minimum absolute atomic E-state index is 0.0331. The van der Waals surface area contributed by atoms with E-state index < -0.39 is 30.3 Å². The zero-order valence-electron chi connectivity index (χ0n) is 12.7. The standard InChI is InChI=1S/C13H26N2O6/c1-8(2)12(13(19)21-3)14-11(18)7-9(16)5-4-6-10(17)15-20/h8-9,12-13,16,19-20H,4-7H2,1-3H3,(H,14,18)(H,15,17)/t9?,12-,13?/m1/s1. The molecule has 0 spiro atoms. The number of nitrogens with one attached hydrogen (secondary N) is 2. The van der Waals surface area contributed by atoms with E-state index in [4.69, 9.17) is 9.94 Å². The molecule has 0 heterocycles. The van der Waals surface area contributed by atoms with Gasteiger partial charge in [-0.15, -0.1) is 0 Å². The van der Waals surface area contributed by atoms with E-state index in [1.165, 1.54) is 12.6 Å². The van der Waals surface area contributed by atoms with Gasteiger partial charge in [0.2, 0.25) is 11.8 Å². The van der Waals surface area contributed by atoms with Gasteiger partial charge < -0.3 is 20.3 Å². The molecule has 0 aliphatic rings. The molecule has 0 fully saturated rings. The van der Waals surface area contributed by atoms with Gasteiger partial charge in [0, 0.05) is 13.5 Å². The minimum Gasteiger partial charge on any atom is -0.393 e. The SMILES string of the molecule is COC(O)[C@H](NC(=O)CC(O)CCCC(=O)NO)C(C)C. The average molecular weight is 306 g/mol. The first kappa shape index (κ1) is 19.8. The van der Waals surface area contributed by atoms with Crippen LogP contribution in [0.25, 0.3) is 0 Å². The highest BCUT2D eigenvalue weighted by Gasteiger charge is 2.25. The van der Waals surface area contributed by atoms with E-state index in [0.717, 1.165) is 0 Å². The number of carbonyl (C=O) groups excluding carboxylic acids is 2. The van der Waals surface area contributed by atoms with Crippen molar-refractivity contribution in [2.75, 3.05) is 7.11 Å². The second kappa shape index (κ2) is 10.5. The number of amides is 2. The first-order chi connectivity index (χ1) is 9.81. The van der Waals surface area contributed by atoms with E-state index >= 15 is 0 Å². The van der Waals surface area contributed by atoms with Gasteiger partial charge in [-0.2, -0.15) is 0 Å².